The van der Waals surface area contributed by atoms with E-state index in [0.717, 1.165) is 0 Å². The number of alkyl halides is 1. The molecule has 0 bridgehead atoms. The average molecular weight is 264 g/mol. The summed E-state index contributed by atoms with van der Waals surface area (Å²) in [5, 5.41) is 9.10. The van der Waals surface area contributed by atoms with Gasteiger partial charge in [-0.2, -0.15) is 5.26 Å². The van der Waals surface area contributed by atoms with Gasteiger partial charge in [0.25, 0.3) is 0 Å². The maximum absolute atomic E-state index is 11.6. The fourth-order valence-electron chi connectivity index (χ4n) is 1.07. The van der Waals surface area contributed by atoms with E-state index in [1.54, 1.807) is 6.07 Å². The van der Waals surface area contributed by atoms with Crippen LogP contribution >= 0.6 is 23.2 Å². The third-order valence-corrected chi connectivity index (χ3v) is 4.16. The molecule has 1 rings (SSSR count). The molecule has 6 heteroatoms. The summed E-state index contributed by atoms with van der Waals surface area (Å²) in [5.74, 6) is -0.194. The van der Waals surface area contributed by atoms with Crippen molar-refractivity contribution >= 4 is 33.0 Å². The monoisotopic (exact) mass is 263 g/mol. The molecule has 3 nitrogen and oxygen atoms in total. The Labute approximate surface area is 98.2 Å². The van der Waals surface area contributed by atoms with Crippen molar-refractivity contribution < 1.29 is 8.42 Å². The molecule has 0 unspecified atom stereocenters. The first kappa shape index (κ1) is 12.3. The zero-order chi connectivity index (χ0) is 11.5. The van der Waals surface area contributed by atoms with Crippen LogP contribution in [0, 0.1) is 11.3 Å². The average Bonchev–Trinajstić information content (AvgIpc) is 2.17. The molecular formula is C9H7Cl2NO2S. The lowest BCUT2D eigenvalue weighted by Crippen LogP contribution is -2.09. The molecule has 0 saturated heterocycles. The number of halogens is 2. The highest BCUT2D eigenvalue weighted by molar-refractivity contribution is 7.91. The Bertz CT molecular complexity index is 505. The van der Waals surface area contributed by atoms with Crippen LogP contribution in [0.25, 0.3) is 0 Å². The van der Waals surface area contributed by atoms with Gasteiger partial charge in [-0.1, -0.05) is 11.6 Å². The zero-order valence-corrected chi connectivity index (χ0v) is 9.90. The Morgan fingerprint density at radius 3 is 2.60 bits per heavy atom. The normalized spacial score (nSPS) is 11.0. The molecule has 0 aliphatic heterocycles. The molecule has 1 aromatic rings. The molecule has 0 N–H and O–H groups in total. The standard InChI is InChI=1S/C9H7Cl2NO2S/c10-3-4-15(13,14)9-2-1-8(11)5-7(9)6-12/h1-2,5H,3-4H2. The highest BCUT2D eigenvalue weighted by atomic mass is 35.5. The van der Waals surface area contributed by atoms with Gasteiger partial charge in [-0.05, 0) is 18.2 Å². The summed E-state index contributed by atoms with van der Waals surface area (Å²) >= 11 is 11.0. The van der Waals surface area contributed by atoms with Crippen molar-refractivity contribution in [3.63, 3.8) is 0 Å². The number of rotatable bonds is 3. The minimum Gasteiger partial charge on any atom is -0.224 e. The van der Waals surface area contributed by atoms with Crippen molar-refractivity contribution in [2.24, 2.45) is 0 Å². The number of benzene rings is 1. The minimum atomic E-state index is -3.48. The van der Waals surface area contributed by atoms with Gasteiger partial charge >= 0.3 is 0 Å². The third kappa shape index (κ3) is 2.85. The van der Waals surface area contributed by atoms with E-state index in [2.05, 4.69) is 0 Å². The van der Waals surface area contributed by atoms with E-state index in [1.807, 2.05) is 0 Å². The molecule has 80 valence electrons. The number of nitriles is 1. The van der Waals surface area contributed by atoms with E-state index in [0.29, 0.717) is 5.02 Å². The molecule has 0 amide bonds. The maximum Gasteiger partial charge on any atom is 0.180 e. The summed E-state index contributed by atoms with van der Waals surface area (Å²) in [6, 6.07) is 5.87. The van der Waals surface area contributed by atoms with Gasteiger partial charge < -0.3 is 0 Å². The summed E-state index contributed by atoms with van der Waals surface area (Å²) in [5.41, 5.74) is 0.0487. The fourth-order valence-corrected chi connectivity index (χ4v) is 2.99. The van der Waals surface area contributed by atoms with Gasteiger partial charge in [0.05, 0.1) is 16.2 Å². The van der Waals surface area contributed by atoms with Crippen LogP contribution in [0.15, 0.2) is 23.1 Å². The molecule has 1 aromatic carbocycles. The topological polar surface area (TPSA) is 57.9 Å². The SMILES string of the molecule is N#Cc1cc(Cl)ccc1S(=O)(=O)CCCl. The molecule has 0 aliphatic rings. The summed E-state index contributed by atoms with van der Waals surface area (Å²) in [6.07, 6.45) is 0. The summed E-state index contributed by atoms with van der Waals surface area (Å²) in [4.78, 5) is -0.0185. The van der Waals surface area contributed by atoms with Crippen LogP contribution in [0.2, 0.25) is 5.02 Å². The molecule has 15 heavy (non-hydrogen) atoms. The van der Waals surface area contributed by atoms with Crippen molar-refractivity contribution in [3.05, 3.63) is 28.8 Å². The van der Waals surface area contributed by atoms with Gasteiger partial charge in [-0.3, -0.25) is 0 Å². The quantitative estimate of drug-likeness (QED) is 0.786. The van der Waals surface area contributed by atoms with E-state index < -0.39 is 9.84 Å². The van der Waals surface area contributed by atoms with Crippen molar-refractivity contribution in [1.82, 2.24) is 0 Å². The van der Waals surface area contributed by atoms with Crippen molar-refractivity contribution in [1.29, 1.82) is 5.26 Å². The van der Waals surface area contributed by atoms with Crippen LogP contribution in [-0.4, -0.2) is 20.1 Å². The first-order valence-corrected chi connectivity index (χ1v) is 6.56. The Morgan fingerprint density at radius 2 is 2.07 bits per heavy atom. The molecule has 0 spiro atoms. The predicted octanol–water partition coefficient (Wildman–Crippen LogP) is 2.22. The molecule has 0 aromatic heterocycles. The first-order chi connectivity index (χ1) is 7.01. The smallest absolute Gasteiger partial charge is 0.180 e. The zero-order valence-electron chi connectivity index (χ0n) is 7.57. The van der Waals surface area contributed by atoms with Crippen LogP contribution in [0.4, 0.5) is 0 Å². The van der Waals surface area contributed by atoms with Crippen LogP contribution in [0.1, 0.15) is 5.56 Å². The van der Waals surface area contributed by atoms with Gasteiger partial charge in [0, 0.05) is 10.9 Å². The van der Waals surface area contributed by atoms with Crippen molar-refractivity contribution in [3.8, 4) is 6.07 Å². The van der Waals surface area contributed by atoms with Gasteiger partial charge in [0.2, 0.25) is 0 Å². The van der Waals surface area contributed by atoms with Crippen LogP contribution < -0.4 is 0 Å². The second-order valence-electron chi connectivity index (χ2n) is 2.76. The summed E-state index contributed by atoms with van der Waals surface area (Å²) < 4.78 is 23.3. The molecule has 0 fully saturated rings. The van der Waals surface area contributed by atoms with Crippen LogP contribution in [0.3, 0.4) is 0 Å². The minimum absolute atomic E-state index is 0.00414. The molecule has 0 heterocycles. The van der Waals surface area contributed by atoms with Gasteiger partial charge in [0.1, 0.15) is 6.07 Å². The van der Waals surface area contributed by atoms with E-state index in [-0.39, 0.29) is 22.1 Å². The molecule has 0 saturated carbocycles. The number of hydrogen-bond acceptors (Lipinski definition) is 3. The predicted molar refractivity (Wildman–Crippen MR) is 58.9 cm³/mol. The summed E-state index contributed by atoms with van der Waals surface area (Å²) in [6.45, 7) is 0. The molecule has 0 radical (unpaired) electrons. The van der Waals surface area contributed by atoms with Crippen LogP contribution in [0.5, 0.6) is 0 Å². The first-order valence-electron chi connectivity index (χ1n) is 3.99. The lowest BCUT2D eigenvalue weighted by atomic mass is 10.2. The van der Waals surface area contributed by atoms with Gasteiger partial charge in [-0.15, -0.1) is 11.6 Å². The van der Waals surface area contributed by atoms with Crippen molar-refractivity contribution in [2.45, 2.75) is 4.90 Å². The fraction of sp³-hybridized carbons (Fsp3) is 0.222. The Morgan fingerprint density at radius 1 is 1.40 bits per heavy atom. The number of nitrogens with zero attached hydrogens (tertiary/aromatic N) is 1. The van der Waals surface area contributed by atoms with E-state index >= 15 is 0 Å². The molecule has 0 aliphatic carbocycles. The van der Waals surface area contributed by atoms with Gasteiger partial charge in [0.15, 0.2) is 9.84 Å². The number of hydrogen-bond donors (Lipinski definition) is 0. The van der Waals surface area contributed by atoms with E-state index in [9.17, 15) is 8.42 Å². The highest BCUT2D eigenvalue weighted by Gasteiger charge is 2.18. The summed E-state index contributed by atoms with van der Waals surface area (Å²) in [7, 11) is -3.48. The molecule has 0 atom stereocenters. The van der Waals surface area contributed by atoms with Crippen LogP contribution in [-0.2, 0) is 9.84 Å². The molecular weight excluding hydrogens is 257 g/mol. The van der Waals surface area contributed by atoms with Gasteiger partial charge in [-0.25, -0.2) is 8.42 Å². The van der Waals surface area contributed by atoms with E-state index in [4.69, 9.17) is 28.5 Å². The largest absolute Gasteiger partial charge is 0.224 e. The second kappa shape index (κ2) is 4.84. The Hall–Kier alpha value is -0.760. The van der Waals surface area contributed by atoms with E-state index in [1.165, 1.54) is 18.2 Å². The lowest BCUT2D eigenvalue weighted by Gasteiger charge is -2.04. The number of sulfone groups is 1. The second-order valence-corrected chi connectivity index (χ2v) is 5.65. The van der Waals surface area contributed by atoms with Crippen molar-refractivity contribution in [2.75, 3.05) is 11.6 Å². The highest BCUT2D eigenvalue weighted by Crippen LogP contribution is 2.20. The lowest BCUT2D eigenvalue weighted by molar-refractivity contribution is 0.597. The Balaban J connectivity index is 3.33. The Kier molecular flexibility index (Phi) is 3.97. The third-order valence-electron chi connectivity index (χ3n) is 1.74. The maximum atomic E-state index is 11.6.